The molecule has 1 N–H and O–H groups in total. The highest BCUT2D eigenvalue weighted by Crippen LogP contribution is 2.25. The minimum atomic E-state index is -0.315. The van der Waals surface area contributed by atoms with Crippen LogP contribution in [0.5, 0.6) is 5.75 Å². The maximum atomic E-state index is 13.4. The van der Waals surface area contributed by atoms with E-state index >= 15 is 0 Å². The molecule has 10 nitrogen and oxygen atoms in total. The Balaban J connectivity index is 1.22. The van der Waals surface area contributed by atoms with Gasteiger partial charge in [0.25, 0.3) is 11.5 Å². The third kappa shape index (κ3) is 6.24. The normalized spacial score (nSPS) is 12.9. The van der Waals surface area contributed by atoms with Gasteiger partial charge < -0.3 is 19.5 Å². The highest BCUT2D eigenvalue weighted by molar-refractivity contribution is 5.77. The van der Waals surface area contributed by atoms with Crippen LogP contribution in [0, 0.1) is 5.82 Å². The topological polar surface area (TPSA) is 103 Å². The molecule has 2 aromatic heterocycles. The van der Waals surface area contributed by atoms with Crippen LogP contribution < -0.4 is 26.2 Å². The standard InChI is InChI=1S/C31H37FN6O4/c1-3-15-37-28-27(29(40)38(16-4-2)31(37)41)36-18-5-17-35(30(36)34-28)19-14-22-8-12-25(13-9-22)42-21-26(39)33-20-23-6-10-24(32)11-7-23/h6-13H,3-5,14-21H2,1-2H3,(H,33,39). The molecule has 4 aromatic rings. The molecule has 5 rings (SSSR count). The highest BCUT2D eigenvalue weighted by atomic mass is 19.1. The summed E-state index contributed by atoms with van der Waals surface area (Å²) in [5.74, 6) is 0.748. The molecule has 0 spiro atoms. The van der Waals surface area contributed by atoms with Crippen LogP contribution >= 0.6 is 0 Å². The Kier molecular flexibility index (Phi) is 9.04. The van der Waals surface area contributed by atoms with Gasteiger partial charge in [-0.25, -0.2) is 9.18 Å². The SMILES string of the molecule is CCCn1c(=O)c2c(nc3n2CCCN3CCc2ccc(OCC(=O)NCc3ccc(F)cc3)cc2)n(CCC)c1=O. The summed E-state index contributed by atoms with van der Waals surface area (Å²) in [5, 5.41) is 2.76. The first-order valence-corrected chi connectivity index (χ1v) is 14.6. The van der Waals surface area contributed by atoms with Gasteiger partial charge in [0.05, 0.1) is 0 Å². The summed E-state index contributed by atoms with van der Waals surface area (Å²) in [4.78, 5) is 45.7. The van der Waals surface area contributed by atoms with Gasteiger partial charge in [0.1, 0.15) is 11.6 Å². The molecule has 11 heteroatoms. The number of hydrogen-bond donors (Lipinski definition) is 1. The Bertz CT molecular complexity index is 1660. The first kappa shape index (κ1) is 29.1. The van der Waals surface area contributed by atoms with Gasteiger partial charge in [-0.3, -0.25) is 18.7 Å². The van der Waals surface area contributed by atoms with Crippen molar-refractivity contribution >= 4 is 23.0 Å². The molecule has 0 unspecified atom stereocenters. The number of ether oxygens (including phenoxy) is 1. The van der Waals surface area contributed by atoms with E-state index in [1.54, 1.807) is 16.7 Å². The zero-order valence-corrected chi connectivity index (χ0v) is 24.1. The fraction of sp³-hybridized carbons (Fsp3) is 0.419. The lowest BCUT2D eigenvalue weighted by Gasteiger charge is -2.29. The van der Waals surface area contributed by atoms with Gasteiger partial charge in [-0.1, -0.05) is 38.1 Å². The molecule has 1 amide bonds. The number of halogens is 1. The van der Waals surface area contributed by atoms with Crippen molar-refractivity contribution in [3.05, 3.63) is 86.3 Å². The van der Waals surface area contributed by atoms with Crippen LogP contribution in [0.3, 0.4) is 0 Å². The van der Waals surface area contributed by atoms with Crippen molar-refractivity contribution in [1.82, 2.24) is 24.0 Å². The lowest BCUT2D eigenvalue weighted by Crippen LogP contribution is -2.41. The molecule has 0 radical (unpaired) electrons. The van der Waals surface area contributed by atoms with Crippen molar-refractivity contribution in [3.63, 3.8) is 0 Å². The average molecular weight is 577 g/mol. The number of nitrogens with one attached hydrogen (secondary N) is 1. The number of hydrogen-bond acceptors (Lipinski definition) is 6. The first-order valence-electron chi connectivity index (χ1n) is 14.6. The summed E-state index contributed by atoms with van der Waals surface area (Å²) in [6.45, 7) is 7.28. The smallest absolute Gasteiger partial charge is 0.332 e. The Labute approximate surface area is 243 Å². The Morgan fingerprint density at radius 1 is 0.929 bits per heavy atom. The van der Waals surface area contributed by atoms with Gasteiger partial charge >= 0.3 is 5.69 Å². The summed E-state index contributed by atoms with van der Waals surface area (Å²) in [6, 6.07) is 13.6. The van der Waals surface area contributed by atoms with E-state index in [0.29, 0.717) is 56.1 Å². The maximum Gasteiger partial charge on any atom is 0.332 e. The summed E-state index contributed by atoms with van der Waals surface area (Å²) in [6.07, 6.45) is 3.11. The van der Waals surface area contributed by atoms with Crippen LogP contribution in [-0.4, -0.2) is 44.3 Å². The second-order valence-electron chi connectivity index (χ2n) is 10.6. The van der Waals surface area contributed by atoms with E-state index < -0.39 is 0 Å². The van der Waals surface area contributed by atoms with E-state index in [1.165, 1.54) is 16.7 Å². The zero-order chi connectivity index (χ0) is 29.6. The molecule has 0 bridgehead atoms. The Morgan fingerprint density at radius 2 is 1.62 bits per heavy atom. The van der Waals surface area contributed by atoms with E-state index in [1.807, 2.05) is 42.7 Å². The van der Waals surface area contributed by atoms with Crippen LogP contribution in [0.2, 0.25) is 0 Å². The van der Waals surface area contributed by atoms with E-state index in [2.05, 4.69) is 10.2 Å². The summed E-state index contributed by atoms with van der Waals surface area (Å²) in [7, 11) is 0. The van der Waals surface area contributed by atoms with Crippen molar-refractivity contribution in [1.29, 1.82) is 0 Å². The molecule has 0 atom stereocenters. The van der Waals surface area contributed by atoms with Crippen molar-refractivity contribution in [3.8, 4) is 5.75 Å². The third-order valence-electron chi connectivity index (χ3n) is 7.45. The highest BCUT2D eigenvalue weighted by Gasteiger charge is 2.26. The molecule has 1 aliphatic heterocycles. The Hall–Kier alpha value is -4.41. The van der Waals surface area contributed by atoms with Crippen molar-refractivity contribution in [2.45, 2.75) is 65.7 Å². The molecule has 0 aliphatic carbocycles. The van der Waals surface area contributed by atoms with Gasteiger partial charge in [-0.15, -0.1) is 0 Å². The first-order chi connectivity index (χ1) is 20.4. The number of fused-ring (bicyclic) bond motifs is 3. The number of benzene rings is 2. The number of aryl methyl sites for hydroxylation is 2. The van der Waals surface area contributed by atoms with Crippen LogP contribution in [0.25, 0.3) is 11.2 Å². The molecular formula is C31H37FN6O4. The average Bonchev–Trinajstić information content (AvgIpc) is 3.40. The number of aromatic nitrogens is 4. The largest absolute Gasteiger partial charge is 0.484 e. The number of amides is 1. The molecule has 0 saturated heterocycles. The van der Waals surface area contributed by atoms with Crippen LogP contribution in [0.4, 0.5) is 10.3 Å². The van der Waals surface area contributed by atoms with Gasteiger partial charge in [0, 0.05) is 39.3 Å². The fourth-order valence-electron chi connectivity index (χ4n) is 5.33. The minimum absolute atomic E-state index is 0.117. The van der Waals surface area contributed by atoms with E-state index in [0.717, 1.165) is 42.9 Å². The number of rotatable bonds is 12. The molecule has 2 aromatic carbocycles. The van der Waals surface area contributed by atoms with Crippen molar-refractivity contribution in [2.75, 3.05) is 24.6 Å². The molecule has 0 fully saturated rings. The predicted octanol–water partition coefficient (Wildman–Crippen LogP) is 3.47. The molecular weight excluding hydrogens is 539 g/mol. The summed E-state index contributed by atoms with van der Waals surface area (Å²) < 4.78 is 23.6. The summed E-state index contributed by atoms with van der Waals surface area (Å²) in [5.41, 5.74) is 2.35. The summed E-state index contributed by atoms with van der Waals surface area (Å²) >= 11 is 0. The van der Waals surface area contributed by atoms with E-state index in [-0.39, 0.29) is 29.6 Å². The van der Waals surface area contributed by atoms with E-state index in [4.69, 9.17) is 9.72 Å². The zero-order valence-electron chi connectivity index (χ0n) is 24.1. The second-order valence-corrected chi connectivity index (χ2v) is 10.6. The minimum Gasteiger partial charge on any atom is -0.484 e. The number of nitrogens with zero attached hydrogens (tertiary/aromatic N) is 5. The molecule has 3 heterocycles. The predicted molar refractivity (Wildman–Crippen MR) is 160 cm³/mol. The van der Waals surface area contributed by atoms with Gasteiger partial charge in [-0.2, -0.15) is 4.98 Å². The molecule has 1 aliphatic rings. The van der Waals surface area contributed by atoms with Gasteiger partial charge in [0.15, 0.2) is 17.8 Å². The van der Waals surface area contributed by atoms with Crippen molar-refractivity contribution < 1.29 is 13.9 Å². The fourth-order valence-corrected chi connectivity index (χ4v) is 5.33. The number of anilines is 1. The number of imidazole rings is 1. The molecule has 42 heavy (non-hydrogen) atoms. The molecule has 222 valence electrons. The van der Waals surface area contributed by atoms with Crippen LogP contribution in [-0.2, 0) is 37.4 Å². The monoisotopic (exact) mass is 576 g/mol. The second kappa shape index (κ2) is 13.1. The van der Waals surface area contributed by atoms with Crippen LogP contribution in [0.15, 0.2) is 58.1 Å². The molecule has 0 saturated carbocycles. The third-order valence-corrected chi connectivity index (χ3v) is 7.45. The number of carbonyl (C=O) groups is 1. The van der Waals surface area contributed by atoms with Crippen LogP contribution in [0.1, 0.15) is 44.2 Å². The Morgan fingerprint density at radius 3 is 2.33 bits per heavy atom. The van der Waals surface area contributed by atoms with Crippen molar-refractivity contribution in [2.24, 2.45) is 0 Å². The number of carbonyl (C=O) groups excluding carboxylic acids is 1. The maximum absolute atomic E-state index is 13.4. The van der Waals surface area contributed by atoms with Gasteiger partial charge in [-0.05, 0) is 61.1 Å². The van der Waals surface area contributed by atoms with E-state index in [9.17, 15) is 18.8 Å². The lowest BCUT2D eigenvalue weighted by atomic mass is 10.1. The lowest BCUT2D eigenvalue weighted by molar-refractivity contribution is -0.123. The quantitative estimate of drug-likeness (QED) is 0.277. The van der Waals surface area contributed by atoms with Gasteiger partial charge in [0.2, 0.25) is 5.95 Å².